The van der Waals surface area contributed by atoms with Crippen molar-refractivity contribution in [2.45, 2.75) is 12.1 Å². The lowest BCUT2D eigenvalue weighted by atomic mass is 9.95. The number of nitrogens with zero attached hydrogens (tertiary/aromatic N) is 4. The van der Waals surface area contributed by atoms with Crippen LogP contribution in [0.25, 0.3) is 11.4 Å². The number of Topliss-reactive ketones (excluding diaryl/α,β-unsaturated/α-hetero) is 1. The van der Waals surface area contributed by atoms with E-state index in [1.165, 1.54) is 30.3 Å². The molecule has 3 rings (SSSR count). The average molecular weight is 376 g/mol. The molecule has 0 saturated carbocycles. The maximum absolute atomic E-state index is 12.9. The largest absolute Gasteiger partial charge is 0.471 e. The van der Waals surface area contributed by atoms with E-state index in [-0.39, 0.29) is 22.6 Å². The van der Waals surface area contributed by atoms with E-state index >= 15 is 0 Å². The number of alkyl halides is 3. The molecule has 0 spiro atoms. The van der Waals surface area contributed by atoms with Crippen LogP contribution < -0.4 is 0 Å². The van der Waals surface area contributed by atoms with Gasteiger partial charge in [0, 0.05) is 11.1 Å². The minimum absolute atomic E-state index is 0.0842. The number of ketones is 1. The van der Waals surface area contributed by atoms with Crippen molar-refractivity contribution in [3.05, 3.63) is 65.6 Å². The van der Waals surface area contributed by atoms with E-state index in [1.54, 1.807) is 6.07 Å². The van der Waals surface area contributed by atoms with E-state index in [1.807, 2.05) is 0 Å². The molecule has 2 heterocycles. The van der Waals surface area contributed by atoms with Crippen molar-refractivity contribution in [2.24, 2.45) is 0 Å². The summed E-state index contributed by atoms with van der Waals surface area (Å²) in [5.74, 6) is -4.22. The summed E-state index contributed by atoms with van der Waals surface area (Å²) in [6.45, 7) is 0. The Labute approximate surface area is 149 Å². The van der Waals surface area contributed by atoms with Crippen molar-refractivity contribution >= 4 is 5.78 Å². The van der Waals surface area contributed by atoms with Crippen LogP contribution in [0.1, 0.15) is 27.9 Å². The summed E-state index contributed by atoms with van der Waals surface area (Å²) in [5, 5.41) is 12.5. The Balaban J connectivity index is 1.84. The number of aromatic nitrogens is 3. The lowest BCUT2D eigenvalue weighted by Crippen LogP contribution is -2.12. The molecule has 27 heavy (non-hydrogen) atoms. The minimum atomic E-state index is -4.76. The van der Waals surface area contributed by atoms with Gasteiger partial charge in [-0.25, -0.2) is 4.39 Å². The van der Waals surface area contributed by atoms with Gasteiger partial charge in [-0.15, -0.1) is 0 Å². The molecule has 0 aliphatic rings. The van der Waals surface area contributed by atoms with Gasteiger partial charge in [-0.3, -0.25) is 9.78 Å². The van der Waals surface area contributed by atoms with E-state index in [0.29, 0.717) is 0 Å². The van der Waals surface area contributed by atoms with Crippen molar-refractivity contribution in [3.63, 3.8) is 0 Å². The van der Waals surface area contributed by atoms with Crippen molar-refractivity contribution in [1.29, 1.82) is 5.26 Å². The maximum Gasteiger partial charge on any atom is 0.471 e. The fourth-order valence-electron chi connectivity index (χ4n) is 2.22. The number of halogens is 4. The molecule has 2 aromatic heterocycles. The molecule has 0 bridgehead atoms. The van der Waals surface area contributed by atoms with Crippen LogP contribution in [0, 0.1) is 17.1 Å². The van der Waals surface area contributed by atoms with Gasteiger partial charge in [0.05, 0.1) is 18.0 Å². The standard InChI is InChI=1S/C17H8F4N4O2/c18-11-5-6-13(23-8-11)12(7-22)14(26)9-1-3-10(4-2-9)15-24-16(27-25-15)17(19,20)21/h1-6,8,12H/t12-/m0/s1. The van der Waals surface area contributed by atoms with E-state index in [4.69, 9.17) is 0 Å². The molecule has 136 valence electrons. The SMILES string of the molecule is N#C[C@H](C(=O)c1ccc(-c2noc(C(F)(F)F)n2)cc1)c1ccc(F)cn1. The van der Waals surface area contributed by atoms with Crippen molar-refractivity contribution in [1.82, 2.24) is 15.1 Å². The fraction of sp³-hybridized carbons (Fsp3) is 0.118. The molecular formula is C17H8F4N4O2. The second-order valence-corrected chi connectivity index (χ2v) is 5.33. The van der Waals surface area contributed by atoms with Crippen molar-refractivity contribution in [3.8, 4) is 17.5 Å². The summed E-state index contributed by atoms with van der Waals surface area (Å²) < 4.78 is 54.6. The zero-order chi connectivity index (χ0) is 19.6. The van der Waals surface area contributed by atoms with Gasteiger partial charge in [0.1, 0.15) is 5.82 Å². The Morgan fingerprint density at radius 2 is 1.85 bits per heavy atom. The number of rotatable bonds is 4. The van der Waals surface area contributed by atoms with E-state index in [9.17, 15) is 27.6 Å². The molecule has 0 aliphatic carbocycles. The Morgan fingerprint density at radius 3 is 2.37 bits per heavy atom. The number of hydrogen-bond acceptors (Lipinski definition) is 6. The van der Waals surface area contributed by atoms with Crippen LogP contribution in [0.2, 0.25) is 0 Å². The summed E-state index contributed by atoms with van der Waals surface area (Å²) >= 11 is 0. The quantitative estimate of drug-likeness (QED) is 0.508. The Kier molecular flexibility index (Phi) is 4.68. The third-order valence-electron chi connectivity index (χ3n) is 3.53. The lowest BCUT2D eigenvalue weighted by molar-refractivity contribution is -0.159. The summed E-state index contributed by atoms with van der Waals surface area (Å²) in [6.07, 6.45) is -3.87. The molecule has 0 N–H and O–H groups in total. The number of nitriles is 1. The molecule has 0 aliphatic heterocycles. The van der Waals surface area contributed by atoms with Gasteiger partial charge in [0.15, 0.2) is 11.7 Å². The van der Waals surface area contributed by atoms with Gasteiger partial charge in [0.25, 0.3) is 0 Å². The van der Waals surface area contributed by atoms with Crippen LogP contribution in [0.3, 0.4) is 0 Å². The summed E-state index contributed by atoms with van der Waals surface area (Å²) in [5.41, 5.74) is 0.399. The molecule has 1 atom stereocenters. The molecular weight excluding hydrogens is 368 g/mol. The topological polar surface area (TPSA) is 92.7 Å². The van der Waals surface area contributed by atoms with Gasteiger partial charge in [-0.2, -0.15) is 23.4 Å². The van der Waals surface area contributed by atoms with Crippen molar-refractivity contribution in [2.75, 3.05) is 0 Å². The molecule has 0 saturated heterocycles. The van der Waals surface area contributed by atoms with Crippen LogP contribution in [-0.2, 0) is 6.18 Å². The highest BCUT2D eigenvalue weighted by molar-refractivity contribution is 6.02. The molecule has 0 unspecified atom stereocenters. The number of carbonyl (C=O) groups excluding carboxylic acids is 1. The smallest absolute Gasteiger partial charge is 0.329 e. The minimum Gasteiger partial charge on any atom is -0.329 e. The first kappa shape index (κ1) is 18.2. The van der Waals surface area contributed by atoms with E-state index in [0.717, 1.165) is 12.3 Å². The average Bonchev–Trinajstić information content (AvgIpc) is 3.14. The predicted octanol–water partition coefficient (Wildman–Crippen LogP) is 3.78. The summed E-state index contributed by atoms with van der Waals surface area (Å²) in [6, 6.07) is 9.39. The molecule has 0 fully saturated rings. The second-order valence-electron chi connectivity index (χ2n) is 5.33. The first-order valence-electron chi connectivity index (χ1n) is 7.36. The monoisotopic (exact) mass is 376 g/mol. The zero-order valence-electron chi connectivity index (χ0n) is 13.2. The highest BCUT2D eigenvalue weighted by Gasteiger charge is 2.38. The van der Waals surface area contributed by atoms with Crippen LogP contribution in [0.4, 0.5) is 17.6 Å². The molecule has 10 heteroatoms. The number of carbonyl (C=O) groups is 1. The Bertz CT molecular complexity index is 1010. The van der Waals surface area contributed by atoms with Crippen LogP contribution in [0.5, 0.6) is 0 Å². The third-order valence-corrected chi connectivity index (χ3v) is 3.53. The van der Waals surface area contributed by atoms with Crippen LogP contribution in [-0.4, -0.2) is 20.9 Å². The highest BCUT2D eigenvalue weighted by Crippen LogP contribution is 2.29. The van der Waals surface area contributed by atoms with Gasteiger partial charge in [-0.05, 0) is 12.1 Å². The fourth-order valence-corrected chi connectivity index (χ4v) is 2.22. The normalized spacial score (nSPS) is 12.4. The highest BCUT2D eigenvalue weighted by atomic mass is 19.4. The second kappa shape index (κ2) is 6.95. The first-order valence-corrected chi connectivity index (χ1v) is 7.36. The zero-order valence-corrected chi connectivity index (χ0v) is 13.2. The summed E-state index contributed by atoms with van der Waals surface area (Å²) in [4.78, 5) is 19.5. The van der Waals surface area contributed by atoms with Crippen LogP contribution >= 0.6 is 0 Å². The number of benzene rings is 1. The third kappa shape index (κ3) is 3.82. The number of pyridine rings is 1. The van der Waals surface area contributed by atoms with Gasteiger partial charge >= 0.3 is 12.1 Å². The van der Waals surface area contributed by atoms with Gasteiger partial charge < -0.3 is 4.52 Å². The Hall–Kier alpha value is -3.61. The lowest BCUT2D eigenvalue weighted by Gasteiger charge is -2.08. The molecule has 0 amide bonds. The number of hydrogen-bond donors (Lipinski definition) is 0. The maximum atomic E-state index is 12.9. The first-order chi connectivity index (χ1) is 12.8. The van der Waals surface area contributed by atoms with Gasteiger partial charge in [-0.1, -0.05) is 29.4 Å². The summed E-state index contributed by atoms with van der Waals surface area (Å²) in [7, 11) is 0. The van der Waals surface area contributed by atoms with E-state index < -0.39 is 29.6 Å². The van der Waals surface area contributed by atoms with Gasteiger partial charge in [0.2, 0.25) is 5.82 Å². The molecule has 0 radical (unpaired) electrons. The van der Waals surface area contributed by atoms with E-state index in [2.05, 4.69) is 19.6 Å². The molecule has 3 aromatic rings. The van der Waals surface area contributed by atoms with Crippen molar-refractivity contribution < 1.29 is 26.9 Å². The Morgan fingerprint density at radius 1 is 1.15 bits per heavy atom. The molecule has 6 nitrogen and oxygen atoms in total. The molecule has 1 aromatic carbocycles. The van der Waals surface area contributed by atoms with Crippen LogP contribution in [0.15, 0.2) is 47.1 Å². The predicted molar refractivity (Wildman–Crippen MR) is 81.6 cm³/mol.